The summed E-state index contributed by atoms with van der Waals surface area (Å²) in [5.41, 5.74) is 4.95. The average molecular weight is 351 g/mol. The topological polar surface area (TPSA) is 83.4 Å². The molecule has 2 aromatic carbocycles. The Morgan fingerprint density at radius 3 is 2.54 bits per heavy atom. The van der Waals surface area contributed by atoms with Crippen LogP contribution in [0.1, 0.15) is 28.8 Å². The second kappa shape index (κ2) is 7.84. The van der Waals surface area contributed by atoms with E-state index in [4.69, 9.17) is 5.21 Å². The van der Waals surface area contributed by atoms with E-state index in [1.54, 1.807) is 17.6 Å². The lowest BCUT2D eigenvalue weighted by atomic mass is 10.1. The summed E-state index contributed by atoms with van der Waals surface area (Å²) in [6.07, 6.45) is 4.13. The molecule has 6 nitrogen and oxygen atoms in total. The van der Waals surface area contributed by atoms with Gasteiger partial charge in [-0.3, -0.25) is 14.8 Å². The molecule has 0 unspecified atom stereocenters. The third-order valence-electron chi connectivity index (χ3n) is 4.36. The number of hydrogen-bond donors (Lipinski definition) is 3. The molecule has 134 valence electrons. The summed E-state index contributed by atoms with van der Waals surface area (Å²) < 4.78 is 2.11. The molecular formula is C20H21N3O3. The molecule has 1 aromatic heterocycles. The minimum atomic E-state index is -0.585. The largest absolute Gasteiger partial charge is 0.350 e. The summed E-state index contributed by atoms with van der Waals surface area (Å²) in [6.45, 7) is 0. The third kappa shape index (κ3) is 3.92. The fourth-order valence-corrected chi connectivity index (χ4v) is 3.06. The first-order valence-electron chi connectivity index (χ1n) is 8.46. The van der Waals surface area contributed by atoms with Gasteiger partial charge in [0.2, 0.25) is 5.91 Å². The lowest BCUT2D eigenvalue weighted by molar-refractivity contribution is -0.116. The maximum Gasteiger partial charge on any atom is 0.274 e. The van der Waals surface area contributed by atoms with Crippen molar-refractivity contribution in [2.24, 2.45) is 7.05 Å². The molecule has 3 N–H and O–H groups in total. The highest BCUT2D eigenvalue weighted by molar-refractivity contribution is 5.95. The van der Waals surface area contributed by atoms with Crippen LogP contribution in [-0.4, -0.2) is 21.6 Å². The molecule has 2 amide bonds. The lowest BCUT2D eigenvalue weighted by Gasteiger charge is -2.06. The van der Waals surface area contributed by atoms with E-state index < -0.39 is 5.91 Å². The number of carbonyl (C=O) groups excluding carboxylic acids is 2. The minimum absolute atomic E-state index is 0.0652. The van der Waals surface area contributed by atoms with Crippen molar-refractivity contribution in [1.29, 1.82) is 0 Å². The van der Waals surface area contributed by atoms with Gasteiger partial charge in [0.05, 0.1) is 0 Å². The van der Waals surface area contributed by atoms with Gasteiger partial charge in [-0.05, 0) is 48.7 Å². The SMILES string of the molecule is Cn1cc(CCCC(=O)Nc2ccc(C(=O)NO)cc2)c2ccccc21. The molecule has 0 aliphatic heterocycles. The molecular weight excluding hydrogens is 330 g/mol. The number of rotatable bonds is 6. The van der Waals surface area contributed by atoms with Crippen LogP contribution in [0, 0.1) is 0 Å². The Labute approximate surface area is 151 Å². The van der Waals surface area contributed by atoms with E-state index in [1.807, 2.05) is 19.2 Å². The first-order valence-corrected chi connectivity index (χ1v) is 8.46. The van der Waals surface area contributed by atoms with Crippen molar-refractivity contribution in [3.05, 3.63) is 65.9 Å². The number of nitrogens with one attached hydrogen (secondary N) is 2. The number of hydrogen-bond acceptors (Lipinski definition) is 3. The Morgan fingerprint density at radius 1 is 1.08 bits per heavy atom. The van der Waals surface area contributed by atoms with Crippen LogP contribution in [0.15, 0.2) is 54.7 Å². The minimum Gasteiger partial charge on any atom is -0.350 e. The molecule has 0 spiro atoms. The normalized spacial score (nSPS) is 10.7. The van der Waals surface area contributed by atoms with Crippen LogP contribution in [0.2, 0.25) is 0 Å². The van der Waals surface area contributed by atoms with Crippen LogP contribution < -0.4 is 10.8 Å². The van der Waals surface area contributed by atoms with Crippen LogP contribution >= 0.6 is 0 Å². The smallest absolute Gasteiger partial charge is 0.274 e. The van der Waals surface area contributed by atoms with Crippen molar-refractivity contribution in [3.8, 4) is 0 Å². The quantitative estimate of drug-likeness (QED) is 0.471. The highest BCUT2D eigenvalue weighted by atomic mass is 16.5. The Bertz CT molecular complexity index is 929. The van der Waals surface area contributed by atoms with E-state index in [0.717, 1.165) is 12.8 Å². The van der Waals surface area contributed by atoms with Crippen molar-refractivity contribution in [2.45, 2.75) is 19.3 Å². The number of benzene rings is 2. The number of anilines is 1. The first kappa shape index (κ1) is 17.7. The zero-order chi connectivity index (χ0) is 18.5. The Hall–Kier alpha value is -3.12. The van der Waals surface area contributed by atoms with Crippen LogP contribution in [0.5, 0.6) is 0 Å². The molecule has 0 saturated carbocycles. The van der Waals surface area contributed by atoms with Crippen LogP contribution in [-0.2, 0) is 18.3 Å². The molecule has 0 radical (unpaired) electrons. The van der Waals surface area contributed by atoms with E-state index in [2.05, 4.69) is 28.2 Å². The van der Waals surface area contributed by atoms with Gasteiger partial charge in [0.25, 0.3) is 5.91 Å². The van der Waals surface area contributed by atoms with Gasteiger partial charge >= 0.3 is 0 Å². The molecule has 0 fully saturated rings. The molecule has 6 heteroatoms. The molecule has 0 bridgehead atoms. The zero-order valence-electron chi connectivity index (χ0n) is 14.5. The van der Waals surface area contributed by atoms with E-state index >= 15 is 0 Å². The van der Waals surface area contributed by atoms with Crippen molar-refractivity contribution >= 4 is 28.4 Å². The second-order valence-electron chi connectivity index (χ2n) is 6.20. The van der Waals surface area contributed by atoms with Crippen molar-refractivity contribution in [2.75, 3.05) is 5.32 Å². The molecule has 0 aliphatic carbocycles. The van der Waals surface area contributed by atoms with Gasteiger partial charge in [-0.15, -0.1) is 0 Å². The average Bonchev–Trinajstić information content (AvgIpc) is 2.98. The highest BCUT2D eigenvalue weighted by Gasteiger charge is 2.08. The second-order valence-corrected chi connectivity index (χ2v) is 6.20. The number of para-hydroxylation sites is 1. The Morgan fingerprint density at radius 2 is 1.81 bits per heavy atom. The van der Waals surface area contributed by atoms with Crippen LogP contribution in [0.3, 0.4) is 0 Å². The van der Waals surface area contributed by atoms with E-state index in [1.165, 1.54) is 28.6 Å². The number of fused-ring (bicyclic) bond motifs is 1. The summed E-state index contributed by atoms with van der Waals surface area (Å²) in [7, 11) is 2.03. The number of aromatic nitrogens is 1. The Balaban J connectivity index is 1.53. The van der Waals surface area contributed by atoms with Gasteiger partial charge in [-0.1, -0.05) is 18.2 Å². The maximum atomic E-state index is 12.1. The predicted octanol–water partition coefficient (Wildman–Crippen LogP) is 3.26. The van der Waals surface area contributed by atoms with Crippen molar-refractivity contribution < 1.29 is 14.8 Å². The predicted molar refractivity (Wildman–Crippen MR) is 100 cm³/mol. The Kier molecular flexibility index (Phi) is 5.34. The van der Waals surface area contributed by atoms with Crippen molar-refractivity contribution in [1.82, 2.24) is 10.0 Å². The van der Waals surface area contributed by atoms with Gasteiger partial charge in [0.15, 0.2) is 0 Å². The lowest BCUT2D eigenvalue weighted by Crippen LogP contribution is -2.18. The summed E-state index contributed by atoms with van der Waals surface area (Å²) >= 11 is 0. The summed E-state index contributed by atoms with van der Waals surface area (Å²) in [5.74, 6) is -0.650. The van der Waals surface area contributed by atoms with Gasteiger partial charge in [0, 0.05) is 41.8 Å². The molecule has 0 atom stereocenters. The molecule has 26 heavy (non-hydrogen) atoms. The highest BCUT2D eigenvalue weighted by Crippen LogP contribution is 2.22. The standard InChI is InChI=1S/C20H21N3O3/c1-23-13-15(17-6-2-3-7-18(17)23)5-4-8-19(24)21-16-11-9-14(10-12-16)20(25)22-26/h2-3,6-7,9-13,26H,4-5,8H2,1H3,(H,21,24)(H,22,25). The molecule has 0 saturated heterocycles. The van der Waals surface area contributed by atoms with E-state index in [0.29, 0.717) is 17.7 Å². The van der Waals surface area contributed by atoms with E-state index in [-0.39, 0.29) is 5.91 Å². The van der Waals surface area contributed by atoms with Crippen LogP contribution in [0.25, 0.3) is 10.9 Å². The monoisotopic (exact) mass is 351 g/mol. The third-order valence-corrected chi connectivity index (χ3v) is 4.36. The number of aryl methyl sites for hydroxylation is 2. The van der Waals surface area contributed by atoms with Gasteiger partial charge < -0.3 is 9.88 Å². The first-order chi connectivity index (χ1) is 12.6. The molecule has 1 heterocycles. The van der Waals surface area contributed by atoms with Gasteiger partial charge in [-0.2, -0.15) is 0 Å². The molecule has 3 rings (SSSR count). The zero-order valence-corrected chi connectivity index (χ0v) is 14.5. The summed E-state index contributed by atoms with van der Waals surface area (Å²) in [5, 5.41) is 12.6. The number of carbonyl (C=O) groups is 2. The summed E-state index contributed by atoms with van der Waals surface area (Å²) in [6, 6.07) is 14.6. The molecule has 3 aromatic rings. The van der Waals surface area contributed by atoms with Crippen LogP contribution in [0.4, 0.5) is 5.69 Å². The van der Waals surface area contributed by atoms with Gasteiger partial charge in [0.1, 0.15) is 0 Å². The summed E-state index contributed by atoms with van der Waals surface area (Å²) in [4.78, 5) is 23.4. The van der Waals surface area contributed by atoms with E-state index in [9.17, 15) is 9.59 Å². The van der Waals surface area contributed by atoms with Crippen molar-refractivity contribution in [3.63, 3.8) is 0 Å². The number of nitrogens with zero attached hydrogens (tertiary/aromatic N) is 1. The number of amides is 2. The van der Waals surface area contributed by atoms with Gasteiger partial charge in [-0.25, -0.2) is 5.48 Å². The molecule has 0 aliphatic rings. The fourth-order valence-electron chi connectivity index (χ4n) is 3.06. The maximum absolute atomic E-state index is 12.1. The fraction of sp³-hybridized carbons (Fsp3) is 0.200. The number of hydroxylamine groups is 1.